The fraction of sp³-hybridized carbons (Fsp3) is 0.500. The summed E-state index contributed by atoms with van der Waals surface area (Å²) in [7, 11) is -1.89. The lowest BCUT2D eigenvalue weighted by Crippen LogP contribution is -2.37. The number of rotatable bonds is 7. The van der Waals surface area contributed by atoms with Crippen LogP contribution in [0.5, 0.6) is 0 Å². The van der Waals surface area contributed by atoms with Crippen molar-refractivity contribution in [2.45, 2.75) is 12.8 Å². The number of methoxy groups -OCH3 is 1. The Balaban J connectivity index is 1.90. The minimum Gasteiger partial charge on any atom is -0.384 e. The van der Waals surface area contributed by atoms with Crippen molar-refractivity contribution in [3.8, 4) is 0 Å². The van der Waals surface area contributed by atoms with Crippen molar-refractivity contribution in [1.29, 1.82) is 0 Å². The average Bonchev–Trinajstić information content (AvgIpc) is 2.89. The molecule has 7 heteroatoms. The molecule has 0 bridgehead atoms. The summed E-state index contributed by atoms with van der Waals surface area (Å²) < 4.78 is 30.9. The standard InChI is InChI=1S/C14H20N2O4S/c1-20-10-7-14(17)15-8-11-21(18,19)16-9-6-12-4-2-3-5-13(12)16/h2-5H,6-11H2,1H3,(H,15,17). The topological polar surface area (TPSA) is 75.7 Å². The highest BCUT2D eigenvalue weighted by Gasteiger charge is 2.28. The summed E-state index contributed by atoms with van der Waals surface area (Å²) in [6, 6.07) is 7.50. The number of benzene rings is 1. The maximum atomic E-state index is 12.3. The summed E-state index contributed by atoms with van der Waals surface area (Å²) in [4.78, 5) is 11.4. The zero-order chi connectivity index (χ0) is 15.3. The highest BCUT2D eigenvalue weighted by Crippen LogP contribution is 2.29. The third-order valence-electron chi connectivity index (χ3n) is 3.40. The summed E-state index contributed by atoms with van der Waals surface area (Å²) >= 11 is 0. The number of anilines is 1. The third-order valence-corrected chi connectivity index (χ3v) is 5.17. The van der Waals surface area contributed by atoms with E-state index in [0.717, 1.165) is 17.7 Å². The van der Waals surface area contributed by atoms with Crippen LogP contribution in [-0.4, -0.2) is 46.9 Å². The smallest absolute Gasteiger partial charge is 0.236 e. The van der Waals surface area contributed by atoms with Gasteiger partial charge in [-0.05, 0) is 18.1 Å². The number of hydrogen-bond donors (Lipinski definition) is 1. The van der Waals surface area contributed by atoms with E-state index in [4.69, 9.17) is 4.74 Å². The van der Waals surface area contributed by atoms with Gasteiger partial charge in [0.25, 0.3) is 0 Å². The van der Waals surface area contributed by atoms with Gasteiger partial charge in [-0.25, -0.2) is 8.42 Å². The van der Waals surface area contributed by atoms with Crippen molar-refractivity contribution in [2.24, 2.45) is 0 Å². The van der Waals surface area contributed by atoms with E-state index in [9.17, 15) is 13.2 Å². The number of nitrogens with zero attached hydrogens (tertiary/aromatic N) is 1. The molecule has 0 atom stereocenters. The number of amides is 1. The Morgan fingerprint density at radius 2 is 2.14 bits per heavy atom. The van der Waals surface area contributed by atoms with Crippen molar-refractivity contribution in [1.82, 2.24) is 5.32 Å². The van der Waals surface area contributed by atoms with Gasteiger partial charge in [0.15, 0.2) is 0 Å². The predicted octanol–water partition coefficient (Wildman–Crippen LogP) is 0.532. The number of para-hydroxylation sites is 1. The van der Waals surface area contributed by atoms with E-state index in [-0.39, 0.29) is 24.6 Å². The van der Waals surface area contributed by atoms with Gasteiger partial charge in [0.1, 0.15) is 0 Å². The first kappa shape index (κ1) is 15.8. The third kappa shape index (κ3) is 3.95. The molecule has 0 aromatic heterocycles. The number of sulfonamides is 1. The Hall–Kier alpha value is -1.60. The molecule has 1 amide bonds. The first-order valence-electron chi connectivity index (χ1n) is 6.88. The summed E-state index contributed by atoms with van der Waals surface area (Å²) in [6.45, 7) is 0.918. The number of nitrogens with one attached hydrogen (secondary N) is 1. The van der Waals surface area contributed by atoms with Crippen molar-refractivity contribution in [3.05, 3.63) is 29.8 Å². The van der Waals surface area contributed by atoms with Crippen molar-refractivity contribution in [2.75, 3.05) is 36.9 Å². The number of ether oxygens (including phenoxy) is 1. The van der Waals surface area contributed by atoms with E-state index in [1.165, 1.54) is 11.4 Å². The maximum Gasteiger partial charge on any atom is 0.236 e. The molecule has 1 aliphatic heterocycles. The normalized spacial score (nSPS) is 14.0. The van der Waals surface area contributed by atoms with Gasteiger partial charge in [-0.1, -0.05) is 18.2 Å². The molecule has 1 aromatic rings. The van der Waals surface area contributed by atoms with Crippen molar-refractivity contribution in [3.63, 3.8) is 0 Å². The lowest BCUT2D eigenvalue weighted by atomic mass is 10.2. The highest BCUT2D eigenvalue weighted by atomic mass is 32.2. The molecule has 0 fully saturated rings. The van der Waals surface area contributed by atoms with E-state index < -0.39 is 10.0 Å². The van der Waals surface area contributed by atoms with E-state index in [0.29, 0.717) is 13.2 Å². The summed E-state index contributed by atoms with van der Waals surface area (Å²) in [5, 5.41) is 2.60. The Morgan fingerprint density at radius 3 is 2.90 bits per heavy atom. The lowest BCUT2D eigenvalue weighted by Gasteiger charge is -2.19. The molecular weight excluding hydrogens is 292 g/mol. The first-order valence-corrected chi connectivity index (χ1v) is 8.49. The Labute approximate surface area is 125 Å². The van der Waals surface area contributed by atoms with Crippen molar-refractivity contribution >= 4 is 21.6 Å². The van der Waals surface area contributed by atoms with Gasteiger partial charge in [-0.3, -0.25) is 9.10 Å². The van der Waals surface area contributed by atoms with Crippen LogP contribution in [0.2, 0.25) is 0 Å². The van der Waals surface area contributed by atoms with Gasteiger partial charge in [-0.15, -0.1) is 0 Å². The lowest BCUT2D eigenvalue weighted by molar-refractivity contribution is -0.121. The van der Waals surface area contributed by atoms with Crippen LogP contribution in [0.4, 0.5) is 5.69 Å². The molecule has 1 heterocycles. The second-order valence-corrected chi connectivity index (χ2v) is 6.87. The molecule has 0 unspecified atom stereocenters. The van der Waals surface area contributed by atoms with Gasteiger partial charge in [0.05, 0.1) is 18.0 Å². The molecule has 1 aromatic carbocycles. The maximum absolute atomic E-state index is 12.3. The molecule has 6 nitrogen and oxygen atoms in total. The quantitative estimate of drug-likeness (QED) is 0.797. The highest BCUT2D eigenvalue weighted by molar-refractivity contribution is 7.92. The Morgan fingerprint density at radius 1 is 1.38 bits per heavy atom. The van der Waals surface area contributed by atoms with Crippen LogP contribution < -0.4 is 9.62 Å². The summed E-state index contributed by atoms with van der Waals surface area (Å²) in [6.07, 6.45) is 0.971. The molecule has 1 N–H and O–H groups in total. The minimum absolute atomic E-state index is 0.0972. The predicted molar refractivity (Wildman–Crippen MR) is 80.8 cm³/mol. The molecule has 2 rings (SSSR count). The average molecular weight is 312 g/mol. The van der Waals surface area contributed by atoms with Crippen LogP contribution in [0.15, 0.2) is 24.3 Å². The van der Waals surface area contributed by atoms with E-state index in [2.05, 4.69) is 5.32 Å². The summed E-state index contributed by atoms with van der Waals surface area (Å²) in [5.74, 6) is -0.297. The largest absolute Gasteiger partial charge is 0.384 e. The number of hydrogen-bond acceptors (Lipinski definition) is 4. The molecular formula is C14H20N2O4S. The molecule has 0 saturated heterocycles. The van der Waals surface area contributed by atoms with Gasteiger partial charge in [-0.2, -0.15) is 0 Å². The molecule has 21 heavy (non-hydrogen) atoms. The molecule has 1 aliphatic rings. The number of carbonyl (C=O) groups is 1. The van der Waals surface area contributed by atoms with Crippen molar-refractivity contribution < 1.29 is 17.9 Å². The number of carbonyl (C=O) groups excluding carboxylic acids is 1. The molecule has 0 saturated carbocycles. The van der Waals surface area contributed by atoms with Gasteiger partial charge < -0.3 is 10.1 Å². The Bertz CT molecular complexity index is 601. The molecule has 0 radical (unpaired) electrons. The zero-order valence-corrected chi connectivity index (χ0v) is 12.9. The van der Waals surface area contributed by atoms with Crippen LogP contribution >= 0.6 is 0 Å². The van der Waals surface area contributed by atoms with Crippen LogP contribution in [0.1, 0.15) is 12.0 Å². The van der Waals surface area contributed by atoms with E-state index in [1.807, 2.05) is 24.3 Å². The van der Waals surface area contributed by atoms with Crippen LogP contribution in [0, 0.1) is 0 Å². The van der Waals surface area contributed by atoms with Gasteiger partial charge in [0, 0.05) is 26.6 Å². The number of fused-ring (bicyclic) bond motifs is 1. The van der Waals surface area contributed by atoms with Crippen LogP contribution in [0.25, 0.3) is 0 Å². The SMILES string of the molecule is COCCC(=O)NCCS(=O)(=O)N1CCc2ccccc21. The van der Waals surface area contributed by atoms with Crippen LogP contribution in [-0.2, 0) is 26.0 Å². The first-order chi connectivity index (χ1) is 10.0. The van der Waals surface area contributed by atoms with E-state index >= 15 is 0 Å². The Kier molecular flexibility index (Phi) is 5.19. The monoisotopic (exact) mass is 312 g/mol. The minimum atomic E-state index is -3.40. The fourth-order valence-electron chi connectivity index (χ4n) is 2.31. The second-order valence-electron chi connectivity index (χ2n) is 4.86. The van der Waals surface area contributed by atoms with Gasteiger partial charge >= 0.3 is 0 Å². The van der Waals surface area contributed by atoms with E-state index in [1.54, 1.807) is 0 Å². The summed E-state index contributed by atoms with van der Waals surface area (Å²) in [5.41, 5.74) is 1.80. The fourth-order valence-corrected chi connectivity index (χ4v) is 3.74. The zero-order valence-electron chi connectivity index (χ0n) is 12.0. The second kappa shape index (κ2) is 6.91. The molecule has 116 valence electrons. The van der Waals surface area contributed by atoms with Gasteiger partial charge in [0.2, 0.25) is 15.9 Å². The molecule has 0 aliphatic carbocycles. The molecule has 0 spiro atoms. The van der Waals surface area contributed by atoms with Crippen LogP contribution in [0.3, 0.4) is 0 Å².